The molecule has 0 aliphatic heterocycles. The van der Waals surface area contributed by atoms with Gasteiger partial charge in [-0.15, -0.1) is 0 Å². The molecule has 0 fully saturated rings. The maximum Gasteiger partial charge on any atom is 0.143 e. The molecule has 2 nitrogen and oxygen atoms in total. The Morgan fingerprint density at radius 2 is 1.11 bits per heavy atom. The number of phenolic OH excluding ortho intramolecular Hbond substituents is 1. The van der Waals surface area contributed by atoms with E-state index in [9.17, 15) is 5.11 Å². The third-order valence-electron chi connectivity index (χ3n) is 5.03. The van der Waals surface area contributed by atoms with Gasteiger partial charge >= 0.3 is 0 Å². The number of hydrogen-bond donors (Lipinski definition) is 1. The summed E-state index contributed by atoms with van der Waals surface area (Å²) in [6, 6.07) is 24.7. The fourth-order valence-electron chi connectivity index (χ4n) is 3.38. The predicted molar refractivity (Wildman–Crippen MR) is 120 cm³/mol. The van der Waals surface area contributed by atoms with Crippen molar-refractivity contribution in [2.24, 2.45) is 0 Å². The van der Waals surface area contributed by atoms with Crippen LogP contribution in [0.2, 0.25) is 0 Å². The summed E-state index contributed by atoms with van der Waals surface area (Å²) >= 11 is 0. The van der Waals surface area contributed by atoms with Crippen LogP contribution in [0, 0.1) is 0 Å². The number of anilines is 3. The summed E-state index contributed by atoms with van der Waals surface area (Å²) in [7, 11) is 0. The average Bonchev–Trinajstić information content (AvgIpc) is 2.63. The molecule has 3 aromatic rings. The van der Waals surface area contributed by atoms with E-state index in [1.165, 1.54) is 5.56 Å². The van der Waals surface area contributed by atoms with Crippen LogP contribution >= 0.6 is 0 Å². The summed E-state index contributed by atoms with van der Waals surface area (Å²) in [5.41, 5.74) is 4.84. The number of rotatable bonds is 3. The van der Waals surface area contributed by atoms with Crippen molar-refractivity contribution in [2.45, 2.75) is 52.4 Å². The van der Waals surface area contributed by atoms with Crippen LogP contribution in [0.4, 0.5) is 17.1 Å². The first kappa shape index (κ1) is 20.0. The van der Waals surface area contributed by atoms with Crippen LogP contribution in [0.1, 0.15) is 52.7 Å². The van der Waals surface area contributed by atoms with E-state index in [1.807, 2.05) is 36.4 Å². The van der Waals surface area contributed by atoms with E-state index in [4.69, 9.17) is 0 Å². The van der Waals surface area contributed by atoms with Crippen molar-refractivity contribution in [1.82, 2.24) is 0 Å². The molecule has 0 aromatic heterocycles. The van der Waals surface area contributed by atoms with E-state index < -0.39 is 0 Å². The lowest BCUT2D eigenvalue weighted by molar-refractivity contribution is 0.446. The summed E-state index contributed by atoms with van der Waals surface area (Å²) in [6.07, 6.45) is 0. The van der Waals surface area contributed by atoms with Gasteiger partial charge in [0, 0.05) is 16.9 Å². The molecule has 0 saturated heterocycles. The van der Waals surface area contributed by atoms with Crippen LogP contribution in [0.15, 0.2) is 72.8 Å². The molecular weight excluding hydrogens is 342 g/mol. The van der Waals surface area contributed by atoms with E-state index in [0.717, 1.165) is 22.6 Å². The van der Waals surface area contributed by atoms with E-state index in [0.29, 0.717) is 5.75 Å². The first-order chi connectivity index (χ1) is 13.1. The van der Waals surface area contributed by atoms with E-state index in [1.54, 1.807) is 0 Å². The Labute approximate surface area is 169 Å². The quantitative estimate of drug-likeness (QED) is 0.515. The highest BCUT2D eigenvalue weighted by Crippen LogP contribution is 2.46. The SMILES string of the molecule is CC(C)(C)c1cc(N(c2ccccc2)c2ccccc2)c(O)c(C(C)(C)C)c1. The molecule has 0 spiro atoms. The Bertz CT molecular complexity index is 892. The van der Waals surface area contributed by atoms with Crippen molar-refractivity contribution in [3.05, 3.63) is 83.9 Å². The molecule has 0 bridgehead atoms. The van der Waals surface area contributed by atoms with E-state index in [-0.39, 0.29) is 10.8 Å². The summed E-state index contributed by atoms with van der Waals surface area (Å²) in [5.74, 6) is 0.341. The van der Waals surface area contributed by atoms with Crippen molar-refractivity contribution >= 4 is 17.1 Å². The van der Waals surface area contributed by atoms with Gasteiger partial charge in [-0.05, 0) is 46.7 Å². The highest BCUT2D eigenvalue weighted by atomic mass is 16.3. The number of hydrogen-bond acceptors (Lipinski definition) is 2. The van der Waals surface area contributed by atoms with Gasteiger partial charge in [0.2, 0.25) is 0 Å². The van der Waals surface area contributed by atoms with Crippen molar-refractivity contribution in [1.29, 1.82) is 0 Å². The van der Waals surface area contributed by atoms with Gasteiger partial charge in [-0.2, -0.15) is 0 Å². The van der Waals surface area contributed by atoms with Gasteiger partial charge in [0.25, 0.3) is 0 Å². The molecule has 28 heavy (non-hydrogen) atoms. The second kappa shape index (κ2) is 7.35. The molecule has 0 unspecified atom stereocenters. The molecule has 0 amide bonds. The molecule has 146 valence electrons. The fourth-order valence-corrected chi connectivity index (χ4v) is 3.38. The maximum absolute atomic E-state index is 11.4. The van der Waals surface area contributed by atoms with Gasteiger partial charge < -0.3 is 10.0 Å². The molecule has 2 heteroatoms. The van der Waals surface area contributed by atoms with Crippen molar-refractivity contribution in [3.63, 3.8) is 0 Å². The monoisotopic (exact) mass is 373 g/mol. The van der Waals surface area contributed by atoms with Crippen LogP contribution in [0.25, 0.3) is 0 Å². The number of benzene rings is 3. The Morgan fingerprint density at radius 1 is 0.643 bits per heavy atom. The Balaban J connectivity index is 2.34. The first-order valence-corrected chi connectivity index (χ1v) is 9.87. The summed E-state index contributed by atoms with van der Waals surface area (Å²) in [6.45, 7) is 13.1. The zero-order valence-electron chi connectivity index (χ0n) is 17.8. The third-order valence-corrected chi connectivity index (χ3v) is 5.03. The van der Waals surface area contributed by atoms with Gasteiger partial charge in [0.05, 0.1) is 5.69 Å². The van der Waals surface area contributed by atoms with E-state index in [2.05, 4.69) is 82.8 Å². The van der Waals surface area contributed by atoms with Crippen molar-refractivity contribution < 1.29 is 5.11 Å². The lowest BCUT2D eigenvalue weighted by atomic mass is 9.79. The third kappa shape index (κ3) is 4.06. The molecule has 3 rings (SSSR count). The standard InChI is InChI=1S/C26H31NO/c1-25(2,3)19-17-22(26(4,5)6)24(28)23(18-19)27(20-13-9-7-10-14-20)21-15-11-8-12-16-21/h7-18,28H,1-6H3. The van der Waals surface area contributed by atoms with Gasteiger partial charge in [0.15, 0.2) is 0 Å². The zero-order chi connectivity index (χ0) is 20.5. The molecule has 0 radical (unpaired) electrons. The van der Waals surface area contributed by atoms with Gasteiger partial charge in [0.1, 0.15) is 5.75 Å². The zero-order valence-corrected chi connectivity index (χ0v) is 17.8. The molecule has 3 aromatic carbocycles. The second-order valence-electron chi connectivity index (χ2n) is 9.40. The van der Waals surface area contributed by atoms with Gasteiger partial charge in [-0.1, -0.05) is 84.0 Å². The summed E-state index contributed by atoms with van der Waals surface area (Å²) in [5, 5.41) is 11.4. The smallest absolute Gasteiger partial charge is 0.143 e. The predicted octanol–water partition coefficient (Wildman–Crippen LogP) is 7.46. The number of nitrogens with zero attached hydrogens (tertiary/aromatic N) is 1. The lowest BCUT2D eigenvalue weighted by Gasteiger charge is -2.32. The topological polar surface area (TPSA) is 23.5 Å². The van der Waals surface area contributed by atoms with Crippen molar-refractivity contribution in [2.75, 3.05) is 4.90 Å². The maximum atomic E-state index is 11.4. The molecular formula is C26H31NO. The molecule has 0 saturated carbocycles. The minimum Gasteiger partial charge on any atom is -0.505 e. The minimum absolute atomic E-state index is 0.0263. The van der Waals surface area contributed by atoms with Crippen LogP contribution in [-0.4, -0.2) is 5.11 Å². The van der Waals surface area contributed by atoms with E-state index >= 15 is 0 Å². The van der Waals surface area contributed by atoms with Gasteiger partial charge in [-0.3, -0.25) is 0 Å². The Kier molecular flexibility index (Phi) is 5.25. The average molecular weight is 374 g/mol. The number of aromatic hydroxyl groups is 1. The Hall–Kier alpha value is -2.74. The van der Waals surface area contributed by atoms with Crippen molar-refractivity contribution in [3.8, 4) is 5.75 Å². The van der Waals surface area contributed by atoms with Crippen LogP contribution in [0.5, 0.6) is 5.75 Å². The second-order valence-corrected chi connectivity index (χ2v) is 9.40. The van der Waals surface area contributed by atoms with Crippen LogP contribution in [-0.2, 0) is 10.8 Å². The highest BCUT2D eigenvalue weighted by molar-refractivity contribution is 5.81. The Morgan fingerprint density at radius 3 is 1.50 bits per heavy atom. The summed E-state index contributed by atoms with van der Waals surface area (Å²) < 4.78 is 0. The summed E-state index contributed by atoms with van der Waals surface area (Å²) in [4.78, 5) is 2.14. The highest BCUT2D eigenvalue weighted by Gasteiger charge is 2.27. The van der Waals surface area contributed by atoms with Gasteiger partial charge in [-0.25, -0.2) is 0 Å². The minimum atomic E-state index is -0.168. The number of para-hydroxylation sites is 2. The normalized spacial score (nSPS) is 12.1. The molecule has 1 N–H and O–H groups in total. The lowest BCUT2D eigenvalue weighted by Crippen LogP contribution is -2.19. The molecule has 0 atom stereocenters. The van der Waals surface area contributed by atoms with Crippen LogP contribution in [0.3, 0.4) is 0 Å². The number of phenols is 1. The molecule has 0 heterocycles. The van der Waals surface area contributed by atoms with Crippen LogP contribution < -0.4 is 4.90 Å². The molecule has 0 aliphatic carbocycles. The molecule has 0 aliphatic rings. The largest absolute Gasteiger partial charge is 0.505 e. The first-order valence-electron chi connectivity index (χ1n) is 9.87. The fraction of sp³-hybridized carbons (Fsp3) is 0.308.